The molecular formula is C20H16ClN3O7. The van der Waals surface area contributed by atoms with Gasteiger partial charge in [-0.05, 0) is 13.0 Å². The largest absolute Gasteiger partial charge is 0.496 e. The van der Waals surface area contributed by atoms with Gasteiger partial charge in [-0.1, -0.05) is 16.8 Å². The third-order valence-electron chi connectivity index (χ3n) is 5.21. The number of Topliss-reactive ketones (excluding diaryl/α,β-unsaturated/α-hetero) is 1. The smallest absolute Gasteiger partial charge is 0.259 e. The van der Waals surface area contributed by atoms with Crippen LogP contribution in [0.3, 0.4) is 0 Å². The Morgan fingerprint density at radius 2 is 2.13 bits per heavy atom. The molecule has 0 saturated carbocycles. The van der Waals surface area contributed by atoms with Crippen LogP contribution in [0.2, 0.25) is 5.02 Å². The van der Waals surface area contributed by atoms with Gasteiger partial charge in [0.05, 0.1) is 30.9 Å². The van der Waals surface area contributed by atoms with Gasteiger partial charge >= 0.3 is 0 Å². The lowest BCUT2D eigenvalue weighted by molar-refractivity contribution is -0.117. The molecular weight excluding hydrogens is 430 g/mol. The molecule has 2 aromatic rings. The van der Waals surface area contributed by atoms with E-state index >= 15 is 0 Å². The fourth-order valence-corrected chi connectivity index (χ4v) is 3.98. The number of aliphatic hydroxyl groups excluding tert-OH is 1. The summed E-state index contributed by atoms with van der Waals surface area (Å²) >= 11 is 6.55. The highest BCUT2D eigenvalue weighted by molar-refractivity contribution is 6.36. The summed E-state index contributed by atoms with van der Waals surface area (Å²) in [6.07, 6.45) is -0.0532. The van der Waals surface area contributed by atoms with Gasteiger partial charge in [0, 0.05) is 12.5 Å². The van der Waals surface area contributed by atoms with Crippen molar-refractivity contribution in [3.05, 3.63) is 34.3 Å². The van der Waals surface area contributed by atoms with Crippen molar-refractivity contribution in [3.63, 3.8) is 0 Å². The Balaban J connectivity index is 1.93. The molecule has 0 saturated heterocycles. The van der Waals surface area contributed by atoms with Crippen LogP contribution in [0.5, 0.6) is 11.5 Å². The highest BCUT2D eigenvalue weighted by atomic mass is 35.5. The summed E-state index contributed by atoms with van der Waals surface area (Å²) < 4.78 is 21.9. The van der Waals surface area contributed by atoms with Crippen molar-refractivity contribution in [1.82, 2.24) is 10.1 Å². The van der Waals surface area contributed by atoms with Gasteiger partial charge < -0.3 is 23.8 Å². The summed E-state index contributed by atoms with van der Waals surface area (Å²) in [6.45, 7) is 1.47. The Kier molecular flexibility index (Phi) is 4.95. The Morgan fingerprint density at radius 3 is 2.71 bits per heavy atom. The zero-order chi connectivity index (χ0) is 22.5. The van der Waals surface area contributed by atoms with Crippen LogP contribution in [0.4, 0.5) is 0 Å². The zero-order valence-electron chi connectivity index (χ0n) is 16.6. The Labute approximate surface area is 181 Å². The van der Waals surface area contributed by atoms with Crippen LogP contribution in [0.25, 0.3) is 11.5 Å². The maximum atomic E-state index is 13.6. The van der Waals surface area contributed by atoms with Crippen LogP contribution in [-0.2, 0) is 9.53 Å². The first-order chi connectivity index (χ1) is 14.8. The molecule has 1 spiro atoms. The molecule has 0 bridgehead atoms. The van der Waals surface area contributed by atoms with E-state index in [0.717, 1.165) is 6.08 Å². The molecule has 3 atom stereocenters. The number of carbonyl (C=O) groups excluding carboxylic acids is 2. The van der Waals surface area contributed by atoms with Crippen molar-refractivity contribution < 1.29 is 33.4 Å². The minimum absolute atomic E-state index is 0.00376. The molecule has 31 heavy (non-hydrogen) atoms. The summed E-state index contributed by atoms with van der Waals surface area (Å²) in [6, 6.07) is 3.40. The van der Waals surface area contributed by atoms with Crippen LogP contribution >= 0.6 is 11.6 Å². The fourth-order valence-electron chi connectivity index (χ4n) is 3.71. The number of benzene rings is 1. The summed E-state index contributed by atoms with van der Waals surface area (Å²) in [5.74, 6) is -2.17. The number of hydrogen-bond acceptors (Lipinski definition) is 10. The predicted molar refractivity (Wildman–Crippen MR) is 103 cm³/mol. The molecule has 1 aromatic carbocycles. The van der Waals surface area contributed by atoms with Crippen LogP contribution in [-0.4, -0.2) is 46.6 Å². The summed E-state index contributed by atoms with van der Waals surface area (Å²) in [5, 5.41) is 23.0. The normalized spacial score (nSPS) is 23.1. The minimum atomic E-state index is -1.88. The number of rotatable bonds is 4. The molecule has 4 rings (SSSR count). The summed E-state index contributed by atoms with van der Waals surface area (Å²) in [5.41, 5.74) is -1.68. The summed E-state index contributed by atoms with van der Waals surface area (Å²) in [4.78, 5) is 29.7. The first-order valence-corrected chi connectivity index (χ1v) is 9.51. The number of methoxy groups -OCH3 is 2. The average Bonchev–Trinajstić information content (AvgIpc) is 3.35. The molecule has 160 valence electrons. The molecule has 0 radical (unpaired) electrons. The summed E-state index contributed by atoms with van der Waals surface area (Å²) in [7, 11) is 2.63. The van der Waals surface area contributed by atoms with E-state index in [9.17, 15) is 20.0 Å². The van der Waals surface area contributed by atoms with Crippen molar-refractivity contribution in [1.29, 1.82) is 5.26 Å². The van der Waals surface area contributed by atoms with Crippen molar-refractivity contribution in [2.24, 2.45) is 5.92 Å². The average molecular weight is 446 g/mol. The molecule has 2 heterocycles. The van der Waals surface area contributed by atoms with Gasteiger partial charge in [-0.15, -0.1) is 0 Å². The molecule has 1 N–H and O–H groups in total. The number of ether oxygens (including phenoxy) is 3. The molecule has 11 heteroatoms. The van der Waals surface area contributed by atoms with E-state index in [2.05, 4.69) is 10.1 Å². The van der Waals surface area contributed by atoms with Gasteiger partial charge in [0.25, 0.3) is 5.89 Å². The number of aromatic nitrogens is 2. The van der Waals surface area contributed by atoms with E-state index < -0.39 is 23.4 Å². The number of fused-ring (bicyclic) bond motifs is 1. The van der Waals surface area contributed by atoms with Crippen molar-refractivity contribution in [3.8, 4) is 29.0 Å². The molecule has 1 aliphatic heterocycles. The number of nitriles is 1. The Hall–Kier alpha value is -3.42. The van der Waals surface area contributed by atoms with Crippen molar-refractivity contribution >= 4 is 23.2 Å². The van der Waals surface area contributed by atoms with E-state index in [1.54, 1.807) is 0 Å². The molecule has 10 nitrogen and oxygen atoms in total. The molecule has 2 unspecified atom stereocenters. The van der Waals surface area contributed by atoms with E-state index in [-0.39, 0.29) is 57.3 Å². The molecule has 1 aliphatic carbocycles. The van der Waals surface area contributed by atoms with Crippen LogP contribution in [0.1, 0.15) is 35.6 Å². The van der Waals surface area contributed by atoms with Crippen LogP contribution in [0, 0.1) is 17.2 Å². The lowest BCUT2D eigenvalue weighted by Crippen LogP contribution is -2.52. The van der Waals surface area contributed by atoms with Crippen LogP contribution in [0.15, 0.2) is 22.4 Å². The molecule has 1 aromatic heterocycles. The molecule has 0 fully saturated rings. The van der Waals surface area contributed by atoms with Gasteiger partial charge in [-0.3, -0.25) is 9.59 Å². The van der Waals surface area contributed by atoms with Gasteiger partial charge in [-0.25, -0.2) is 0 Å². The number of nitrogens with zero attached hydrogens (tertiary/aromatic N) is 3. The first-order valence-electron chi connectivity index (χ1n) is 9.13. The Bertz CT molecular complexity index is 1180. The van der Waals surface area contributed by atoms with Gasteiger partial charge in [0.15, 0.2) is 23.1 Å². The number of hydrogen-bond donors (Lipinski definition) is 1. The predicted octanol–water partition coefficient (Wildman–Crippen LogP) is 2.41. The second kappa shape index (κ2) is 7.37. The minimum Gasteiger partial charge on any atom is -0.496 e. The number of ketones is 2. The van der Waals surface area contributed by atoms with E-state index in [4.69, 9.17) is 30.3 Å². The van der Waals surface area contributed by atoms with Gasteiger partial charge in [0.1, 0.15) is 23.3 Å². The number of aliphatic hydroxyl groups is 1. The van der Waals surface area contributed by atoms with Crippen molar-refractivity contribution in [2.45, 2.75) is 25.0 Å². The SMILES string of the molecule is COC1=CC(=O)CC(C#N)[C@]12Oc1c(Cl)c(-c3nc(C(C)O)no3)cc(OC)c1C2=O. The second-order valence-electron chi connectivity index (χ2n) is 7.01. The van der Waals surface area contributed by atoms with Gasteiger partial charge in [0.2, 0.25) is 11.4 Å². The van der Waals surface area contributed by atoms with Crippen LogP contribution < -0.4 is 9.47 Å². The first kappa shape index (κ1) is 20.8. The maximum absolute atomic E-state index is 13.6. The number of halogens is 1. The number of allylic oxidation sites excluding steroid dienone is 1. The maximum Gasteiger partial charge on any atom is 0.259 e. The quantitative estimate of drug-likeness (QED) is 0.744. The van der Waals surface area contributed by atoms with Gasteiger partial charge in [-0.2, -0.15) is 10.2 Å². The third kappa shape index (κ3) is 2.89. The van der Waals surface area contributed by atoms with Crippen molar-refractivity contribution in [2.75, 3.05) is 14.2 Å². The topological polar surface area (TPSA) is 145 Å². The van der Waals surface area contributed by atoms with E-state index in [1.807, 2.05) is 6.07 Å². The zero-order valence-corrected chi connectivity index (χ0v) is 17.4. The fraction of sp³-hybridized carbons (Fsp3) is 0.350. The third-order valence-corrected chi connectivity index (χ3v) is 5.58. The van der Waals surface area contributed by atoms with E-state index in [0.29, 0.717) is 0 Å². The lowest BCUT2D eigenvalue weighted by atomic mass is 9.75. The van der Waals surface area contributed by atoms with E-state index in [1.165, 1.54) is 27.2 Å². The monoisotopic (exact) mass is 445 g/mol. The highest BCUT2D eigenvalue weighted by Crippen LogP contribution is 2.54. The number of carbonyl (C=O) groups is 2. The molecule has 2 aliphatic rings. The molecule has 0 amide bonds. The second-order valence-corrected chi connectivity index (χ2v) is 7.39. The highest BCUT2D eigenvalue weighted by Gasteiger charge is 2.61. The Morgan fingerprint density at radius 1 is 1.39 bits per heavy atom. The standard InChI is InChI=1S/C20H16ClN3O7/c1-8(25)18-23-19(31-24-18)11-6-12(28-2)14-16(15(11)21)30-20(17(14)27)9(7-22)4-10(26)5-13(20)29-3/h5-6,8-9,25H,4H2,1-3H3/t8?,9?,20-/m0/s1. The lowest BCUT2D eigenvalue weighted by Gasteiger charge is -2.34.